The molecule has 0 saturated carbocycles. The van der Waals surface area contributed by atoms with Gasteiger partial charge in [-0.15, -0.1) is 0 Å². The van der Waals surface area contributed by atoms with Crippen LogP contribution in [0.2, 0.25) is 0 Å². The van der Waals surface area contributed by atoms with Crippen molar-refractivity contribution in [2.75, 3.05) is 20.1 Å². The summed E-state index contributed by atoms with van der Waals surface area (Å²) in [5.41, 5.74) is 0.358. The van der Waals surface area contributed by atoms with Crippen molar-refractivity contribution in [3.8, 4) is 0 Å². The van der Waals surface area contributed by atoms with Crippen molar-refractivity contribution in [2.24, 2.45) is 11.8 Å². The summed E-state index contributed by atoms with van der Waals surface area (Å²) in [7, 11) is -2.01. The summed E-state index contributed by atoms with van der Waals surface area (Å²) in [4.78, 5) is 11.8. The molecule has 21 heavy (non-hydrogen) atoms. The predicted molar refractivity (Wildman–Crippen MR) is 81.5 cm³/mol. The van der Waals surface area contributed by atoms with E-state index in [9.17, 15) is 13.2 Å². The quantitative estimate of drug-likeness (QED) is 0.924. The Hall–Kier alpha value is -1.40. The van der Waals surface area contributed by atoms with E-state index in [4.69, 9.17) is 0 Å². The average Bonchev–Trinajstić information content (AvgIpc) is 2.45. The minimum absolute atomic E-state index is 0.185. The number of carbonyl (C=O) groups excluding carboxylic acids is 1. The molecule has 0 aromatic heterocycles. The van der Waals surface area contributed by atoms with E-state index in [1.807, 2.05) is 0 Å². The number of nitrogens with one attached hydrogen (secondary N) is 1. The maximum atomic E-state index is 12.7. The Morgan fingerprint density at radius 2 is 1.86 bits per heavy atom. The van der Waals surface area contributed by atoms with E-state index in [1.165, 1.54) is 17.4 Å². The van der Waals surface area contributed by atoms with Crippen LogP contribution in [0.25, 0.3) is 0 Å². The van der Waals surface area contributed by atoms with Gasteiger partial charge < -0.3 is 5.32 Å². The maximum Gasteiger partial charge on any atom is 0.251 e. The van der Waals surface area contributed by atoms with Crippen molar-refractivity contribution in [3.63, 3.8) is 0 Å². The normalized spacial score (nSPS) is 23.8. The van der Waals surface area contributed by atoms with Crippen molar-refractivity contribution in [1.29, 1.82) is 0 Å². The van der Waals surface area contributed by atoms with Gasteiger partial charge in [0.25, 0.3) is 5.91 Å². The first kappa shape index (κ1) is 16.0. The third kappa shape index (κ3) is 3.44. The summed E-state index contributed by atoms with van der Waals surface area (Å²) in [6.07, 6.45) is 1.05. The number of amides is 1. The van der Waals surface area contributed by atoms with Gasteiger partial charge in [-0.1, -0.05) is 19.9 Å². The van der Waals surface area contributed by atoms with Crippen LogP contribution in [0.1, 0.15) is 30.6 Å². The Kier molecular flexibility index (Phi) is 4.68. The molecular formula is C15H22N2O3S. The van der Waals surface area contributed by atoms with Crippen LogP contribution in [0.5, 0.6) is 0 Å². The largest absolute Gasteiger partial charge is 0.355 e. The molecule has 116 valence electrons. The van der Waals surface area contributed by atoms with Gasteiger partial charge in [0.05, 0.1) is 4.90 Å². The van der Waals surface area contributed by atoms with E-state index in [2.05, 4.69) is 19.2 Å². The van der Waals surface area contributed by atoms with E-state index in [0.717, 1.165) is 6.42 Å². The molecule has 1 aliphatic rings. The monoisotopic (exact) mass is 310 g/mol. The second-order valence-corrected chi connectivity index (χ2v) is 7.81. The first-order valence-corrected chi connectivity index (χ1v) is 8.61. The first-order chi connectivity index (χ1) is 9.84. The van der Waals surface area contributed by atoms with E-state index >= 15 is 0 Å². The van der Waals surface area contributed by atoms with Gasteiger partial charge in [0.2, 0.25) is 10.0 Å². The number of sulfonamides is 1. The molecule has 2 atom stereocenters. The molecule has 0 spiro atoms. The van der Waals surface area contributed by atoms with E-state index < -0.39 is 10.0 Å². The molecule has 0 radical (unpaired) electrons. The van der Waals surface area contributed by atoms with Crippen LogP contribution >= 0.6 is 0 Å². The lowest BCUT2D eigenvalue weighted by Crippen LogP contribution is -2.42. The van der Waals surface area contributed by atoms with Gasteiger partial charge in [-0.25, -0.2) is 8.42 Å². The van der Waals surface area contributed by atoms with Crippen LogP contribution < -0.4 is 5.32 Å². The predicted octanol–water partition coefficient (Wildman–Crippen LogP) is 1.71. The minimum Gasteiger partial charge on any atom is -0.355 e. The molecule has 0 aliphatic carbocycles. The highest BCUT2D eigenvalue weighted by atomic mass is 32.2. The molecule has 1 aliphatic heterocycles. The number of rotatable bonds is 3. The van der Waals surface area contributed by atoms with Crippen LogP contribution in [0.3, 0.4) is 0 Å². The molecule has 1 saturated heterocycles. The lowest BCUT2D eigenvalue weighted by molar-refractivity contribution is 0.0963. The second-order valence-electron chi connectivity index (χ2n) is 5.88. The zero-order valence-corrected chi connectivity index (χ0v) is 13.5. The number of benzene rings is 1. The molecule has 5 nitrogen and oxygen atoms in total. The molecule has 1 fully saturated rings. The smallest absolute Gasteiger partial charge is 0.251 e. The standard InChI is InChI=1S/C15H22N2O3S/c1-11-7-12(2)10-17(9-11)21(19,20)14-6-4-5-13(8-14)15(18)16-3/h4-6,8,11-12H,7,9-10H2,1-3H3,(H,16,18). The van der Waals surface area contributed by atoms with Crippen molar-refractivity contribution >= 4 is 15.9 Å². The Labute approximate surface area is 126 Å². The number of piperidine rings is 1. The Balaban J connectivity index is 2.33. The average molecular weight is 310 g/mol. The highest BCUT2D eigenvalue weighted by molar-refractivity contribution is 7.89. The summed E-state index contributed by atoms with van der Waals surface area (Å²) in [5, 5.41) is 2.51. The number of nitrogens with zero attached hydrogens (tertiary/aromatic N) is 1. The fraction of sp³-hybridized carbons (Fsp3) is 0.533. The molecule has 1 N–H and O–H groups in total. The summed E-state index contributed by atoms with van der Waals surface area (Å²) in [6.45, 7) is 5.21. The molecule has 1 aromatic rings. The fourth-order valence-electron chi connectivity index (χ4n) is 2.89. The molecule has 1 heterocycles. The molecule has 2 rings (SSSR count). The third-order valence-corrected chi connectivity index (χ3v) is 5.62. The number of hydrogen-bond donors (Lipinski definition) is 1. The molecule has 6 heteroatoms. The third-order valence-electron chi connectivity index (χ3n) is 3.80. The maximum absolute atomic E-state index is 12.7. The number of hydrogen-bond acceptors (Lipinski definition) is 3. The summed E-state index contributed by atoms with van der Waals surface area (Å²) in [5.74, 6) is 0.420. The zero-order valence-electron chi connectivity index (χ0n) is 12.7. The van der Waals surface area contributed by atoms with E-state index in [1.54, 1.807) is 18.2 Å². The fourth-order valence-corrected chi connectivity index (χ4v) is 4.62. The van der Waals surface area contributed by atoms with E-state index in [-0.39, 0.29) is 10.8 Å². The Bertz CT molecular complexity index is 618. The highest BCUT2D eigenvalue weighted by Gasteiger charge is 2.31. The molecule has 2 unspecified atom stereocenters. The van der Waals surface area contributed by atoms with Gasteiger partial charge >= 0.3 is 0 Å². The summed E-state index contributed by atoms with van der Waals surface area (Å²) < 4.78 is 27.0. The van der Waals surface area contributed by atoms with Crippen LogP contribution in [0, 0.1) is 11.8 Å². The van der Waals surface area contributed by atoms with Gasteiger partial charge in [-0.3, -0.25) is 4.79 Å². The van der Waals surface area contributed by atoms with Crippen molar-refractivity contribution in [1.82, 2.24) is 9.62 Å². The zero-order chi connectivity index (χ0) is 15.6. The van der Waals surface area contributed by atoms with Gasteiger partial charge in [0, 0.05) is 25.7 Å². The first-order valence-electron chi connectivity index (χ1n) is 7.17. The molecule has 0 bridgehead atoms. The van der Waals surface area contributed by atoms with Crippen molar-refractivity contribution in [2.45, 2.75) is 25.2 Å². The minimum atomic E-state index is -3.54. The summed E-state index contributed by atoms with van der Waals surface area (Å²) >= 11 is 0. The van der Waals surface area contributed by atoms with Crippen LogP contribution in [0.15, 0.2) is 29.2 Å². The molecule has 1 aromatic carbocycles. The van der Waals surface area contributed by atoms with E-state index in [0.29, 0.717) is 30.5 Å². The lowest BCUT2D eigenvalue weighted by atomic mass is 9.94. The topological polar surface area (TPSA) is 66.5 Å². The van der Waals surface area contributed by atoms with Crippen molar-refractivity contribution < 1.29 is 13.2 Å². The van der Waals surface area contributed by atoms with Crippen LogP contribution in [-0.2, 0) is 10.0 Å². The Morgan fingerprint density at radius 3 is 2.43 bits per heavy atom. The Morgan fingerprint density at radius 1 is 1.24 bits per heavy atom. The van der Waals surface area contributed by atoms with Crippen LogP contribution in [-0.4, -0.2) is 38.8 Å². The summed E-state index contributed by atoms with van der Waals surface area (Å²) in [6, 6.07) is 6.21. The number of carbonyl (C=O) groups is 1. The highest BCUT2D eigenvalue weighted by Crippen LogP contribution is 2.26. The SMILES string of the molecule is CNC(=O)c1cccc(S(=O)(=O)N2CC(C)CC(C)C2)c1. The van der Waals surface area contributed by atoms with Gasteiger partial charge in [-0.2, -0.15) is 4.31 Å². The second kappa shape index (κ2) is 6.15. The van der Waals surface area contributed by atoms with Crippen molar-refractivity contribution in [3.05, 3.63) is 29.8 Å². The molecule has 1 amide bonds. The molecular weight excluding hydrogens is 288 g/mol. The lowest BCUT2D eigenvalue weighted by Gasteiger charge is -2.34. The van der Waals surface area contributed by atoms with Gasteiger partial charge in [0.1, 0.15) is 0 Å². The van der Waals surface area contributed by atoms with Gasteiger partial charge in [-0.05, 0) is 36.5 Å². The van der Waals surface area contributed by atoms with Crippen LogP contribution in [0.4, 0.5) is 0 Å². The van der Waals surface area contributed by atoms with Gasteiger partial charge in [0.15, 0.2) is 0 Å².